The van der Waals surface area contributed by atoms with Crippen LogP contribution in [0.5, 0.6) is 0 Å². The molecule has 6 heteroatoms. The zero-order valence-electron chi connectivity index (χ0n) is 20.2. The summed E-state index contributed by atoms with van der Waals surface area (Å²) in [7, 11) is -5.35. The van der Waals surface area contributed by atoms with Crippen molar-refractivity contribution in [2.75, 3.05) is 0 Å². The molecule has 0 aliphatic heterocycles. The maximum atomic E-state index is 7.06. The Morgan fingerprint density at radius 3 is 1.24 bits per heavy atom. The molecule has 0 aromatic heterocycles. The molecule has 2 aromatic rings. The summed E-state index contributed by atoms with van der Waals surface area (Å²) in [6, 6.07) is 21.8. The number of benzene rings is 2. The number of rotatable bonds is 7. The molecule has 0 heterocycles. The van der Waals surface area contributed by atoms with E-state index in [-0.39, 0.29) is 18.9 Å². The second-order valence-corrected chi connectivity index (χ2v) is 38.7. The summed E-state index contributed by atoms with van der Waals surface area (Å²) in [5.74, 6) is 0. The van der Waals surface area contributed by atoms with Gasteiger partial charge in [-0.25, -0.2) is 7.83 Å². The average molecular weight is 449 g/mol. The van der Waals surface area contributed by atoms with E-state index in [1.807, 2.05) is 0 Å². The first-order valence-electron chi connectivity index (χ1n) is 10.2. The fourth-order valence-corrected chi connectivity index (χ4v) is 42.9. The van der Waals surface area contributed by atoms with Gasteiger partial charge >= 0.3 is 18.9 Å². The molecule has 0 radical (unpaired) electrons. The second kappa shape index (κ2) is 10.2. The molecule has 0 fully saturated rings. The van der Waals surface area contributed by atoms with Crippen molar-refractivity contribution in [3.05, 3.63) is 77.2 Å². The van der Waals surface area contributed by atoms with Crippen molar-refractivity contribution >= 4 is 36.9 Å². The third-order valence-electron chi connectivity index (χ3n) is 4.49. The van der Waals surface area contributed by atoms with E-state index in [0.29, 0.717) is 0 Å². The molecule has 0 aliphatic rings. The fraction of sp³-hybridized carbons (Fsp3) is 0.391. The zero-order chi connectivity index (χ0) is 21.2. The quantitative estimate of drug-likeness (QED) is 0.456. The summed E-state index contributed by atoms with van der Waals surface area (Å²) in [5.41, 5.74) is 3.93. The molecule has 0 aliphatic carbocycles. The Balaban J connectivity index is 0.00000420. The van der Waals surface area contributed by atoms with E-state index >= 15 is 0 Å². The number of hydrogen-bond donors (Lipinski definition) is 0. The minimum absolute atomic E-state index is 0. The third-order valence-corrected chi connectivity index (χ3v) is 33.2. The smallest absolute Gasteiger partial charge is 0.579 e. The predicted octanol–water partition coefficient (Wildman–Crippen LogP) is 4.17. The molecule has 152 valence electrons. The van der Waals surface area contributed by atoms with E-state index in [1.54, 1.807) is 0 Å². The van der Waals surface area contributed by atoms with Gasteiger partial charge in [-0.15, -0.1) is 0 Å². The minimum atomic E-state index is -1.76. The fourth-order valence-electron chi connectivity index (χ4n) is 3.98. The Hall–Kier alpha value is -0.555. The van der Waals surface area contributed by atoms with Gasteiger partial charge in [0.05, 0.1) is 0 Å². The largest absolute Gasteiger partial charge is 1.00 e. The monoisotopic (exact) mass is 448 g/mol. The molecule has 0 amide bonds. The molecule has 29 heavy (non-hydrogen) atoms. The molecule has 1 nitrogen and oxygen atoms in total. The van der Waals surface area contributed by atoms with Crippen LogP contribution in [0.1, 0.15) is 11.1 Å². The van der Waals surface area contributed by atoms with Crippen LogP contribution in [0, 0.1) is 0 Å². The zero-order valence-corrected chi connectivity index (χ0v) is 24.2. The van der Waals surface area contributed by atoms with E-state index in [9.17, 15) is 0 Å². The van der Waals surface area contributed by atoms with Crippen LogP contribution in [0.25, 0.3) is 5.57 Å². The Morgan fingerprint density at radius 2 is 0.966 bits per heavy atom. The minimum Gasteiger partial charge on any atom is -0.579 e. The molecule has 0 saturated carbocycles. The molecule has 0 spiro atoms. The second-order valence-electron chi connectivity index (χ2n) is 10.5. The topological polar surface area (TPSA) is 9.23 Å². The van der Waals surface area contributed by atoms with Gasteiger partial charge in [-0.3, -0.25) is 0 Å². The van der Waals surface area contributed by atoms with Gasteiger partial charge in [-0.05, 0) is 36.3 Å². The summed E-state index contributed by atoms with van der Waals surface area (Å²) in [5, 5.41) is 1.37. The van der Waals surface area contributed by atoms with Crippen LogP contribution in [0.15, 0.2) is 66.0 Å². The molecule has 0 unspecified atom stereocenters. The van der Waals surface area contributed by atoms with Crippen molar-refractivity contribution < 1.29 is 23.3 Å². The van der Waals surface area contributed by atoms with Crippen LogP contribution in [-0.4, -0.2) is 31.3 Å². The van der Waals surface area contributed by atoms with Crippen molar-refractivity contribution in [2.24, 2.45) is 0 Å². The molecule has 0 atom stereocenters. The van der Waals surface area contributed by atoms with E-state index in [0.717, 1.165) is 0 Å². The third kappa shape index (κ3) is 7.57. The molecular formula is C23H37LiOSi4. The first-order valence-corrected chi connectivity index (χ1v) is 24.1. The first-order chi connectivity index (χ1) is 12.8. The molecule has 0 saturated heterocycles. The van der Waals surface area contributed by atoms with Gasteiger partial charge in [-0.2, -0.15) is 0 Å². The molecule has 2 rings (SSSR count). The SMILES string of the molecule is C[Si](C)(C)OC(=C(c1ccccc1)c1ccccc1)[Si-]([Si](C)(C)C)[Si](C)(C)C.[Li+]. The Morgan fingerprint density at radius 1 is 0.621 bits per heavy atom. The predicted molar refractivity (Wildman–Crippen MR) is 136 cm³/mol. The Bertz CT molecular complexity index is 745. The van der Waals surface area contributed by atoms with Gasteiger partial charge in [0.25, 0.3) is 0 Å². The van der Waals surface area contributed by atoms with Gasteiger partial charge in [0.2, 0.25) is 8.32 Å². The summed E-state index contributed by atoms with van der Waals surface area (Å²) in [4.78, 5) is 0. The maximum Gasteiger partial charge on any atom is 1.00 e. The van der Waals surface area contributed by atoms with E-state index in [1.165, 1.54) is 22.1 Å². The van der Waals surface area contributed by atoms with Crippen molar-refractivity contribution in [3.8, 4) is 0 Å². The molecule has 2 aromatic carbocycles. The standard InChI is InChI=1S/C23H37OSi4.Li/c1-26(2,3)24-23(25(27(4,5)6)28(7,8)9)22(20-16-12-10-13-17-20)21-18-14-11-15-19-21;/h10-19H,1-9H3;/q-1;+1. The van der Waals surface area contributed by atoms with Crippen LogP contribution in [0.2, 0.25) is 58.9 Å². The van der Waals surface area contributed by atoms with Gasteiger partial charge < -0.3 is 4.43 Å². The van der Waals surface area contributed by atoms with Crippen molar-refractivity contribution in [2.45, 2.75) is 58.9 Å². The Labute approximate surface area is 195 Å². The molecule has 0 bridgehead atoms. The van der Waals surface area contributed by atoms with Gasteiger partial charge in [-0.1, -0.05) is 121 Å². The number of hydrogen-bond acceptors (Lipinski definition) is 1. The maximum absolute atomic E-state index is 7.06. The van der Waals surface area contributed by atoms with E-state index in [4.69, 9.17) is 4.43 Å². The first kappa shape index (κ1) is 26.5. The van der Waals surface area contributed by atoms with Crippen molar-refractivity contribution in [1.82, 2.24) is 0 Å². The van der Waals surface area contributed by atoms with Crippen LogP contribution in [0.3, 0.4) is 0 Å². The summed E-state index contributed by atoms with van der Waals surface area (Å²) >= 11 is 0. The van der Waals surface area contributed by atoms with Gasteiger partial charge in [0, 0.05) is 0 Å². The van der Waals surface area contributed by atoms with E-state index in [2.05, 4.69) is 120 Å². The van der Waals surface area contributed by atoms with Gasteiger partial charge in [0.15, 0.2) is 0 Å². The summed E-state index contributed by atoms with van der Waals surface area (Å²) < 4.78 is 7.06. The van der Waals surface area contributed by atoms with Gasteiger partial charge in [0.1, 0.15) is 0 Å². The van der Waals surface area contributed by atoms with Crippen LogP contribution in [0.4, 0.5) is 0 Å². The Kier molecular flexibility index (Phi) is 9.29. The molecule has 0 N–H and O–H groups in total. The van der Waals surface area contributed by atoms with E-state index < -0.39 is 31.3 Å². The van der Waals surface area contributed by atoms with Crippen LogP contribution < -0.4 is 18.9 Å². The summed E-state index contributed by atoms with van der Waals surface area (Å²) in [6.07, 6.45) is 0. The molecular weight excluding hydrogens is 412 g/mol. The normalized spacial score (nSPS) is 12.0. The average Bonchev–Trinajstić information content (AvgIpc) is 2.53. The van der Waals surface area contributed by atoms with Crippen LogP contribution in [-0.2, 0) is 4.43 Å². The van der Waals surface area contributed by atoms with Crippen LogP contribution >= 0.6 is 0 Å². The summed E-state index contributed by atoms with van der Waals surface area (Å²) in [6.45, 7) is 22.3. The van der Waals surface area contributed by atoms with Crippen molar-refractivity contribution in [1.29, 1.82) is 0 Å². The van der Waals surface area contributed by atoms with Crippen molar-refractivity contribution in [3.63, 3.8) is 0 Å².